The highest BCUT2D eigenvalue weighted by Crippen LogP contribution is 2.28. The summed E-state index contributed by atoms with van der Waals surface area (Å²) in [5, 5.41) is 9.29. The van der Waals surface area contributed by atoms with E-state index in [1.165, 1.54) is 11.0 Å². The molecule has 1 aromatic carbocycles. The van der Waals surface area contributed by atoms with Gasteiger partial charge in [0.05, 0.1) is 5.02 Å². The molecule has 0 saturated heterocycles. The minimum atomic E-state index is -1.04. The highest BCUT2D eigenvalue weighted by molar-refractivity contribution is 9.10. The van der Waals surface area contributed by atoms with Crippen LogP contribution in [0, 0.1) is 6.92 Å². The Morgan fingerprint density at radius 1 is 1.42 bits per heavy atom. The Hall–Kier alpha value is -1.07. The Balaban J connectivity index is 3.13. The fourth-order valence-electron chi connectivity index (χ4n) is 1.65. The van der Waals surface area contributed by atoms with E-state index < -0.39 is 5.97 Å². The molecule has 4 nitrogen and oxygen atoms in total. The number of nitrogens with zero attached hydrogens (tertiary/aromatic N) is 1. The highest BCUT2D eigenvalue weighted by atomic mass is 79.9. The van der Waals surface area contributed by atoms with E-state index in [1.807, 2.05) is 6.92 Å². The number of carboxylic acid groups (broad SMARTS) is 1. The normalized spacial score (nSPS) is 10.6. The van der Waals surface area contributed by atoms with Gasteiger partial charge in [0.1, 0.15) is 6.54 Å². The number of halogens is 2. The number of aryl methyl sites for hydroxylation is 1. The molecule has 1 rings (SSSR count). The highest BCUT2D eigenvalue weighted by Gasteiger charge is 2.22. The van der Waals surface area contributed by atoms with Gasteiger partial charge in [-0.2, -0.15) is 0 Å². The summed E-state index contributed by atoms with van der Waals surface area (Å²) in [4.78, 5) is 24.4. The first-order chi connectivity index (χ1) is 8.73. The maximum Gasteiger partial charge on any atom is 0.323 e. The third kappa shape index (κ3) is 3.94. The molecule has 0 aliphatic heterocycles. The number of carbonyl (C=O) groups is 2. The van der Waals surface area contributed by atoms with E-state index in [1.54, 1.807) is 19.9 Å². The first-order valence-corrected chi connectivity index (χ1v) is 6.89. The Labute approximate surface area is 125 Å². The molecule has 1 amide bonds. The molecule has 0 spiro atoms. The van der Waals surface area contributed by atoms with Crippen LogP contribution < -0.4 is 0 Å². The van der Waals surface area contributed by atoms with Crippen LogP contribution >= 0.6 is 27.5 Å². The molecule has 0 fully saturated rings. The minimum absolute atomic E-state index is 0.202. The summed E-state index contributed by atoms with van der Waals surface area (Å²) < 4.78 is 0.736. The molecule has 0 bridgehead atoms. The van der Waals surface area contributed by atoms with Crippen molar-refractivity contribution in [3.8, 4) is 0 Å². The van der Waals surface area contributed by atoms with Gasteiger partial charge < -0.3 is 10.0 Å². The number of aliphatic carboxylic acids is 1. The molecule has 1 aromatic rings. The summed E-state index contributed by atoms with van der Waals surface area (Å²) in [6, 6.07) is 3.03. The monoisotopic (exact) mass is 347 g/mol. The van der Waals surface area contributed by atoms with E-state index in [2.05, 4.69) is 15.9 Å². The molecule has 0 saturated carbocycles. The van der Waals surface area contributed by atoms with Gasteiger partial charge in [-0.1, -0.05) is 11.6 Å². The van der Waals surface area contributed by atoms with Gasteiger partial charge in [0.15, 0.2) is 0 Å². The van der Waals surface area contributed by atoms with E-state index in [4.69, 9.17) is 16.7 Å². The van der Waals surface area contributed by atoms with Crippen LogP contribution in [-0.4, -0.2) is 34.5 Å². The van der Waals surface area contributed by atoms with Crippen LogP contribution in [0.3, 0.4) is 0 Å². The van der Waals surface area contributed by atoms with Gasteiger partial charge in [-0.05, 0) is 54.4 Å². The molecular formula is C13H15BrClNO3. The topological polar surface area (TPSA) is 57.6 Å². The SMILES string of the molecule is Cc1cc(C(=O)N(CC(=O)O)C(C)C)cc(Cl)c1Br. The largest absolute Gasteiger partial charge is 0.480 e. The van der Waals surface area contributed by atoms with E-state index in [-0.39, 0.29) is 18.5 Å². The van der Waals surface area contributed by atoms with E-state index in [9.17, 15) is 9.59 Å². The molecule has 19 heavy (non-hydrogen) atoms. The van der Waals surface area contributed by atoms with Crippen molar-refractivity contribution in [2.75, 3.05) is 6.54 Å². The number of carboxylic acids is 1. The summed E-state index contributed by atoms with van der Waals surface area (Å²) in [6.45, 7) is 5.04. The lowest BCUT2D eigenvalue weighted by Crippen LogP contribution is -2.40. The number of carbonyl (C=O) groups excluding carboxylic acids is 1. The zero-order chi connectivity index (χ0) is 14.7. The lowest BCUT2D eigenvalue weighted by Gasteiger charge is -2.25. The van der Waals surface area contributed by atoms with Crippen LogP contribution in [0.2, 0.25) is 5.02 Å². The fourth-order valence-corrected chi connectivity index (χ4v) is 2.15. The van der Waals surface area contributed by atoms with Crippen molar-refractivity contribution in [1.29, 1.82) is 0 Å². The number of rotatable bonds is 4. The summed E-state index contributed by atoms with van der Waals surface area (Å²) in [5.41, 5.74) is 1.22. The molecular weight excluding hydrogens is 334 g/mol. The average molecular weight is 349 g/mol. The zero-order valence-electron chi connectivity index (χ0n) is 10.9. The number of hydrogen-bond acceptors (Lipinski definition) is 2. The molecule has 0 atom stereocenters. The zero-order valence-corrected chi connectivity index (χ0v) is 13.2. The van der Waals surface area contributed by atoms with Gasteiger partial charge in [0.25, 0.3) is 5.91 Å². The predicted molar refractivity (Wildman–Crippen MR) is 77.7 cm³/mol. The summed E-state index contributed by atoms with van der Waals surface area (Å²) >= 11 is 9.34. The molecule has 0 heterocycles. The van der Waals surface area contributed by atoms with E-state index in [0.29, 0.717) is 10.6 Å². The van der Waals surface area contributed by atoms with Gasteiger partial charge in [-0.25, -0.2) is 0 Å². The number of amides is 1. The molecule has 0 radical (unpaired) electrons. The Kier molecular flexibility index (Phi) is 5.38. The van der Waals surface area contributed by atoms with Crippen molar-refractivity contribution in [2.45, 2.75) is 26.8 Å². The summed E-state index contributed by atoms with van der Waals surface area (Å²) in [5.74, 6) is -1.38. The van der Waals surface area contributed by atoms with E-state index in [0.717, 1.165) is 10.0 Å². The van der Waals surface area contributed by atoms with Crippen molar-refractivity contribution >= 4 is 39.4 Å². The lowest BCUT2D eigenvalue weighted by atomic mass is 10.1. The second-order valence-corrected chi connectivity index (χ2v) is 5.71. The van der Waals surface area contributed by atoms with Crippen LogP contribution in [0.25, 0.3) is 0 Å². The molecule has 0 unspecified atom stereocenters. The lowest BCUT2D eigenvalue weighted by molar-refractivity contribution is -0.138. The summed E-state index contributed by atoms with van der Waals surface area (Å²) in [6.07, 6.45) is 0. The maximum absolute atomic E-state index is 12.3. The fraction of sp³-hybridized carbons (Fsp3) is 0.385. The van der Waals surface area contributed by atoms with Gasteiger partial charge in [-0.3, -0.25) is 9.59 Å². The maximum atomic E-state index is 12.3. The summed E-state index contributed by atoms with van der Waals surface area (Å²) in [7, 11) is 0. The Morgan fingerprint density at radius 3 is 2.42 bits per heavy atom. The molecule has 0 aliphatic carbocycles. The van der Waals surface area contributed by atoms with Crippen LogP contribution in [0.15, 0.2) is 16.6 Å². The smallest absolute Gasteiger partial charge is 0.323 e. The first-order valence-electron chi connectivity index (χ1n) is 5.72. The minimum Gasteiger partial charge on any atom is -0.480 e. The molecule has 0 aromatic heterocycles. The standard InChI is InChI=1S/C13H15BrClNO3/c1-7(2)16(6-11(17)18)13(19)9-4-8(3)12(14)10(15)5-9/h4-5,7H,6H2,1-3H3,(H,17,18). The third-order valence-corrected chi connectivity index (χ3v) is 4.23. The molecule has 6 heteroatoms. The van der Waals surface area contributed by atoms with Crippen molar-refractivity contribution in [3.05, 3.63) is 32.8 Å². The third-order valence-electron chi connectivity index (χ3n) is 2.65. The first kappa shape index (κ1) is 16.0. The number of benzene rings is 1. The van der Waals surface area contributed by atoms with Crippen molar-refractivity contribution in [2.24, 2.45) is 0 Å². The van der Waals surface area contributed by atoms with Gasteiger partial charge >= 0.3 is 5.97 Å². The number of hydrogen-bond donors (Lipinski definition) is 1. The Morgan fingerprint density at radius 2 is 2.00 bits per heavy atom. The average Bonchev–Trinajstić information content (AvgIpc) is 2.31. The molecule has 0 aliphatic rings. The quantitative estimate of drug-likeness (QED) is 0.908. The van der Waals surface area contributed by atoms with Crippen LogP contribution in [0.5, 0.6) is 0 Å². The molecule has 104 valence electrons. The van der Waals surface area contributed by atoms with Crippen molar-refractivity contribution in [1.82, 2.24) is 4.90 Å². The van der Waals surface area contributed by atoms with Crippen molar-refractivity contribution < 1.29 is 14.7 Å². The van der Waals surface area contributed by atoms with Crippen molar-refractivity contribution in [3.63, 3.8) is 0 Å². The van der Waals surface area contributed by atoms with Crippen LogP contribution in [-0.2, 0) is 4.79 Å². The molecule has 1 N–H and O–H groups in total. The van der Waals surface area contributed by atoms with Gasteiger partial charge in [0.2, 0.25) is 0 Å². The van der Waals surface area contributed by atoms with Gasteiger partial charge in [-0.15, -0.1) is 0 Å². The van der Waals surface area contributed by atoms with Gasteiger partial charge in [0, 0.05) is 16.1 Å². The van der Waals surface area contributed by atoms with Crippen LogP contribution in [0.1, 0.15) is 29.8 Å². The Bertz CT molecular complexity index is 494. The second-order valence-electron chi connectivity index (χ2n) is 4.51. The van der Waals surface area contributed by atoms with Crippen LogP contribution in [0.4, 0.5) is 0 Å². The van der Waals surface area contributed by atoms with E-state index >= 15 is 0 Å². The predicted octanol–water partition coefficient (Wildman–Crippen LogP) is 3.35. The second kappa shape index (κ2) is 6.39.